The average molecular weight is 626 g/mol. The smallest absolute Gasteiger partial charge is 0.0476 e. The molecule has 222 valence electrons. The van der Waals surface area contributed by atoms with Gasteiger partial charge in [0, 0.05) is 37.2 Å². The van der Waals surface area contributed by atoms with Gasteiger partial charge in [-0.3, -0.25) is 0 Å². The van der Waals surface area contributed by atoms with Gasteiger partial charge in [-0.25, -0.2) is 0 Å². The van der Waals surface area contributed by atoms with Crippen LogP contribution in [0.15, 0.2) is 164 Å². The third kappa shape index (κ3) is 3.61. The van der Waals surface area contributed by atoms with Crippen molar-refractivity contribution < 1.29 is 0 Å². The molecule has 0 aliphatic rings. The zero-order chi connectivity index (χ0) is 31.3. The van der Waals surface area contributed by atoms with Gasteiger partial charge in [0.1, 0.15) is 0 Å². The van der Waals surface area contributed by atoms with E-state index >= 15 is 0 Å². The van der Waals surface area contributed by atoms with Gasteiger partial charge in [-0.1, -0.05) is 121 Å². The molecule has 0 amide bonds. The first-order chi connectivity index (χ1) is 23.8. The molecule has 1 heterocycles. The highest BCUT2D eigenvalue weighted by atomic mass is 32.1. The molecule has 1 aromatic heterocycles. The second-order valence-corrected chi connectivity index (χ2v) is 14.0. The number of hydrogen-bond donors (Lipinski definition) is 0. The summed E-state index contributed by atoms with van der Waals surface area (Å²) in [7, 11) is 0. The topological polar surface area (TPSA) is 3.24 Å². The maximum atomic E-state index is 2.45. The number of rotatable bonds is 3. The lowest BCUT2D eigenvalue weighted by Gasteiger charge is -2.27. The average Bonchev–Trinajstić information content (AvgIpc) is 3.51. The van der Waals surface area contributed by atoms with E-state index in [0.717, 1.165) is 17.1 Å². The van der Waals surface area contributed by atoms with E-state index < -0.39 is 0 Å². The fourth-order valence-electron chi connectivity index (χ4n) is 8.28. The highest BCUT2D eigenvalue weighted by Crippen LogP contribution is 2.47. The first-order valence-electron chi connectivity index (χ1n) is 16.5. The molecule has 0 aliphatic carbocycles. The molecular weight excluding hydrogens is 599 g/mol. The van der Waals surface area contributed by atoms with Crippen molar-refractivity contribution in [3.8, 4) is 0 Å². The summed E-state index contributed by atoms with van der Waals surface area (Å²) in [6, 6.07) is 61.0. The van der Waals surface area contributed by atoms with Crippen LogP contribution >= 0.6 is 11.3 Å². The molecule has 10 aromatic carbocycles. The zero-order valence-electron chi connectivity index (χ0n) is 25.9. The van der Waals surface area contributed by atoms with Gasteiger partial charge >= 0.3 is 0 Å². The van der Waals surface area contributed by atoms with E-state index in [4.69, 9.17) is 0 Å². The number of nitrogens with zero attached hydrogens (tertiary/aromatic N) is 1. The minimum atomic E-state index is 1.14. The summed E-state index contributed by atoms with van der Waals surface area (Å²) >= 11 is 1.87. The second-order valence-electron chi connectivity index (χ2n) is 12.9. The lowest BCUT2D eigenvalue weighted by molar-refractivity contribution is 1.30. The van der Waals surface area contributed by atoms with E-state index in [0.29, 0.717) is 0 Å². The molecule has 0 saturated heterocycles. The number of anilines is 3. The normalized spacial score (nSPS) is 12.2. The lowest BCUT2D eigenvalue weighted by Crippen LogP contribution is -2.09. The fraction of sp³-hybridized carbons (Fsp3) is 0. The van der Waals surface area contributed by atoms with E-state index in [9.17, 15) is 0 Å². The second kappa shape index (κ2) is 9.78. The summed E-state index contributed by atoms with van der Waals surface area (Å²) in [6.07, 6.45) is 0. The summed E-state index contributed by atoms with van der Waals surface area (Å²) in [5, 5.41) is 18.2. The first kappa shape index (κ1) is 26.1. The quantitative estimate of drug-likeness (QED) is 0.177. The predicted molar refractivity (Wildman–Crippen MR) is 210 cm³/mol. The molecule has 0 atom stereocenters. The molecule has 11 rings (SSSR count). The molecule has 1 nitrogen and oxygen atoms in total. The SMILES string of the molecule is c1ccc(N(c2ccc3c(c2)sc2ccccc23)c2cc3ccc4cccc5c6cccc7ccc8cccc(c(c2)c3c45)c8c76)cc1. The number of thiophene rings is 1. The van der Waals surface area contributed by atoms with Crippen LogP contribution in [-0.2, 0) is 0 Å². The number of hydrogen-bond acceptors (Lipinski definition) is 2. The van der Waals surface area contributed by atoms with Crippen LogP contribution in [0.2, 0.25) is 0 Å². The van der Waals surface area contributed by atoms with Gasteiger partial charge in [0.25, 0.3) is 0 Å². The molecule has 48 heavy (non-hydrogen) atoms. The molecule has 0 saturated carbocycles. The Morgan fingerprint density at radius 3 is 1.52 bits per heavy atom. The van der Waals surface area contributed by atoms with Crippen LogP contribution in [0.25, 0.3) is 84.8 Å². The van der Waals surface area contributed by atoms with E-state index in [2.05, 4.69) is 169 Å². The van der Waals surface area contributed by atoms with Crippen molar-refractivity contribution in [3.05, 3.63) is 164 Å². The Morgan fingerprint density at radius 2 is 0.833 bits per heavy atom. The van der Waals surface area contributed by atoms with E-state index in [1.54, 1.807) is 0 Å². The molecule has 0 fully saturated rings. The maximum absolute atomic E-state index is 2.45. The largest absolute Gasteiger partial charge is 0.310 e. The molecule has 0 radical (unpaired) electrons. The van der Waals surface area contributed by atoms with Gasteiger partial charge in [-0.05, 0) is 107 Å². The van der Waals surface area contributed by atoms with Crippen molar-refractivity contribution in [1.82, 2.24) is 0 Å². The minimum Gasteiger partial charge on any atom is -0.310 e. The third-order valence-electron chi connectivity index (χ3n) is 10.3. The summed E-state index contributed by atoms with van der Waals surface area (Å²) in [5.74, 6) is 0. The third-order valence-corrected chi connectivity index (χ3v) is 11.4. The van der Waals surface area contributed by atoms with E-state index in [1.165, 1.54) is 84.8 Å². The molecule has 11 aromatic rings. The Balaban J connectivity index is 1.31. The van der Waals surface area contributed by atoms with Gasteiger partial charge in [0.05, 0.1) is 0 Å². The zero-order valence-corrected chi connectivity index (χ0v) is 26.8. The van der Waals surface area contributed by atoms with Gasteiger partial charge in [0.2, 0.25) is 0 Å². The Bertz CT molecular complexity index is 3060. The fourth-order valence-corrected chi connectivity index (χ4v) is 9.41. The van der Waals surface area contributed by atoms with Crippen LogP contribution in [-0.4, -0.2) is 0 Å². The maximum Gasteiger partial charge on any atom is 0.0476 e. The Labute approximate surface area is 280 Å². The van der Waals surface area contributed by atoms with E-state index in [-0.39, 0.29) is 0 Å². The number of benzene rings is 9. The molecule has 0 N–H and O–H groups in total. The summed E-state index contributed by atoms with van der Waals surface area (Å²) in [6.45, 7) is 0. The number of fused-ring (bicyclic) bond motifs is 5. The highest BCUT2D eigenvalue weighted by molar-refractivity contribution is 7.25. The van der Waals surface area contributed by atoms with Gasteiger partial charge in [-0.2, -0.15) is 0 Å². The van der Waals surface area contributed by atoms with Crippen LogP contribution in [0.5, 0.6) is 0 Å². The van der Waals surface area contributed by atoms with Gasteiger partial charge < -0.3 is 4.90 Å². The van der Waals surface area contributed by atoms with Crippen molar-refractivity contribution in [2.45, 2.75) is 0 Å². The van der Waals surface area contributed by atoms with Gasteiger partial charge in [0.15, 0.2) is 0 Å². The Morgan fingerprint density at radius 1 is 0.292 bits per heavy atom. The molecular formula is C46H27NS. The predicted octanol–water partition coefficient (Wildman–Crippen LogP) is 13.9. The lowest BCUT2D eigenvalue weighted by atomic mass is 9.87. The standard InChI is InChI=1S/C46H27NS/c1-2-12-32(13-3-1)47(33-23-24-36-35-14-4-5-18-41(35)48-42(36)27-33)34-25-31-22-21-30-10-7-16-38-37-15-6-9-28-19-20-29-11-8-17-39(45(29)43(28)37)40(26-34)46(31)44(30)38/h1-27H. The minimum absolute atomic E-state index is 1.14. The Hall–Kier alpha value is -5.96. The van der Waals surface area contributed by atoms with Crippen LogP contribution in [0.1, 0.15) is 0 Å². The van der Waals surface area contributed by atoms with Crippen LogP contribution in [0.4, 0.5) is 17.1 Å². The van der Waals surface area contributed by atoms with Crippen LogP contribution < -0.4 is 4.90 Å². The number of para-hydroxylation sites is 1. The monoisotopic (exact) mass is 625 g/mol. The summed E-state index contributed by atoms with van der Waals surface area (Å²) in [5.41, 5.74) is 3.45. The van der Waals surface area contributed by atoms with Crippen LogP contribution in [0.3, 0.4) is 0 Å². The molecule has 0 unspecified atom stereocenters. The van der Waals surface area contributed by atoms with Crippen molar-refractivity contribution in [3.63, 3.8) is 0 Å². The van der Waals surface area contributed by atoms with Gasteiger partial charge in [-0.15, -0.1) is 11.3 Å². The first-order valence-corrected chi connectivity index (χ1v) is 17.3. The summed E-state index contributed by atoms with van der Waals surface area (Å²) in [4.78, 5) is 2.43. The Kier molecular flexibility index (Phi) is 5.32. The van der Waals surface area contributed by atoms with Crippen molar-refractivity contribution in [1.29, 1.82) is 0 Å². The molecule has 0 spiro atoms. The van der Waals surface area contributed by atoms with Crippen molar-refractivity contribution in [2.24, 2.45) is 0 Å². The van der Waals surface area contributed by atoms with E-state index in [1.807, 2.05) is 11.3 Å². The van der Waals surface area contributed by atoms with Crippen molar-refractivity contribution in [2.75, 3.05) is 4.90 Å². The van der Waals surface area contributed by atoms with Crippen molar-refractivity contribution >= 4 is 113 Å². The van der Waals surface area contributed by atoms with Crippen LogP contribution in [0, 0.1) is 0 Å². The molecule has 0 bridgehead atoms. The molecule has 0 aliphatic heterocycles. The highest BCUT2D eigenvalue weighted by Gasteiger charge is 2.20. The summed E-state index contributed by atoms with van der Waals surface area (Å²) < 4.78 is 2.62. The molecule has 2 heteroatoms.